The number of aromatic amines is 1. The SMILES string of the molecule is CO[C@@H]1[C@H](OCCOCCOCCOCCOCCOCCO)[C@@H](COP(=O)(O)O)O[C@H]1n1cnc2c(=O)[nH]c(N)nc21. The molecular weight excluding hydrogens is 601 g/mol. The minimum Gasteiger partial charge on any atom is -0.394 e. The van der Waals surface area contributed by atoms with E-state index in [4.69, 9.17) is 48.7 Å². The molecule has 0 bridgehead atoms. The summed E-state index contributed by atoms with van der Waals surface area (Å²) < 4.78 is 61.8. The summed E-state index contributed by atoms with van der Waals surface area (Å²) >= 11 is 0. The molecule has 1 saturated heterocycles. The lowest BCUT2D eigenvalue weighted by atomic mass is 10.1. The number of hydrogen-bond acceptors (Lipinski definition) is 15. The molecule has 20 heteroatoms. The van der Waals surface area contributed by atoms with Gasteiger partial charge in [0.15, 0.2) is 17.4 Å². The molecule has 2 aromatic rings. The minimum atomic E-state index is -4.81. The predicted octanol–water partition coefficient (Wildman–Crippen LogP) is -1.82. The second-order valence-electron chi connectivity index (χ2n) is 8.95. The van der Waals surface area contributed by atoms with Gasteiger partial charge in [0.2, 0.25) is 5.95 Å². The summed E-state index contributed by atoms with van der Waals surface area (Å²) in [7, 11) is -3.39. The van der Waals surface area contributed by atoms with Crippen molar-refractivity contribution in [2.45, 2.75) is 24.5 Å². The smallest absolute Gasteiger partial charge is 0.394 e. The van der Waals surface area contributed by atoms with Gasteiger partial charge in [-0.1, -0.05) is 0 Å². The van der Waals surface area contributed by atoms with Crippen LogP contribution in [0.3, 0.4) is 0 Å². The Hall–Kier alpha value is -2.10. The van der Waals surface area contributed by atoms with Gasteiger partial charge in [-0.3, -0.25) is 18.9 Å². The summed E-state index contributed by atoms with van der Waals surface area (Å²) in [4.78, 5) is 41.2. The average molecular weight is 642 g/mol. The topological polar surface area (TPSA) is 250 Å². The average Bonchev–Trinajstić information content (AvgIpc) is 3.54. The Morgan fingerprint density at radius 3 is 2.05 bits per heavy atom. The number of nitrogens with one attached hydrogen (secondary N) is 1. The Morgan fingerprint density at radius 2 is 1.51 bits per heavy atom. The van der Waals surface area contributed by atoms with Crippen molar-refractivity contribution in [3.05, 3.63) is 16.7 Å². The van der Waals surface area contributed by atoms with Crippen LogP contribution in [0, 0.1) is 0 Å². The minimum absolute atomic E-state index is 0.0145. The number of methoxy groups -OCH3 is 1. The number of nitrogen functional groups attached to an aromatic ring is 1. The van der Waals surface area contributed by atoms with Gasteiger partial charge in [-0.15, -0.1) is 0 Å². The van der Waals surface area contributed by atoms with Crippen molar-refractivity contribution in [3.8, 4) is 0 Å². The molecule has 1 fully saturated rings. The van der Waals surface area contributed by atoms with E-state index in [2.05, 4.69) is 19.5 Å². The van der Waals surface area contributed by atoms with Crippen LogP contribution in [0.1, 0.15) is 6.23 Å². The number of phosphoric ester groups is 1. The quantitative estimate of drug-likeness (QED) is 0.0662. The molecule has 6 N–H and O–H groups in total. The summed E-state index contributed by atoms with van der Waals surface area (Å²) in [5.74, 6) is -0.128. The fourth-order valence-corrected chi connectivity index (χ4v) is 4.45. The van der Waals surface area contributed by atoms with Crippen molar-refractivity contribution in [1.29, 1.82) is 0 Å². The van der Waals surface area contributed by atoms with Crippen LogP contribution in [-0.2, 0) is 47.0 Å². The monoisotopic (exact) mass is 641 g/mol. The first-order chi connectivity index (χ1) is 20.7. The number of aliphatic hydroxyl groups is 1. The zero-order valence-corrected chi connectivity index (χ0v) is 24.7. The predicted molar refractivity (Wildman–Crippen MR) is 146 cm³/mol. The molecule has 0 aromatic carbocycles. The van der Waals surface area contributed by atoms with Crippen LogP contribution in [0.15, 0.2) is 11.1 Å². The van der Waals surface area contributed by atoms with Crippen molar-refractivity contribution in [1.82, 2.24) is 19.5 Å². The molecule has 1 aliphatic heterocycles. The maximum Gasteiger partial charge on any atom is 0.469 e. The molecule has 1 aliphatic rings. The van der Waals surface area contributed by atoms with Gasteiger partial charge in [-0.05, 0) is 0 Å². The van der Waals surface area contributed by atoms with Crippen LogP contribution < -0.4 is 11.3 Å². The number of imidazole rings is 1. The van der Waals surface area contributed by atoms with Gasteiger partial charge in [0, 0.05) is 7.11 Å². The number of rotatable bonds is 23. The third-order valence-electron chi connectivity index (χ3n) is 5.95. The summed E-state index contributed by atoms with van der Waals surface area (Å²) in [6.07, 6.45) is -2.22. The summed E-state index contributed by atoms with van der Waals surface area (Å²) in [5, 5.41) is 8.60. The molecule has 3 rings (SSSR count). The molecule has 0 aliphatic carbocycles. The van der Waals surface area contributed by atoms with Crippen molar-refractivity contribution in [3.63, 3.8) is 0 Å². The normalized spacial score (nSPS) is 20.8. The van der Waals surface area contributed by atoms with E-state index in [0.717, 1.165) is 0 Å². The first kappa shape index (κ1) is 35.4. The van der Waals surface area contributed by atoms with Gasteiger partial charge in [0.05, 0.1) is 92.2 Å². The molecule has 3 heterocycles. The third kappa shape index (κ3) is 11.7. The highest BCUT2D eigenvalue weighted by atomic mass is 31.2. The van der Waals surface area contributed by atoms with Gasteiger partial charge in [0.25, 0.3) is 5.56 Å². The first-order valence-corrected chi connectivity index (χ1v) is 15.0. The van der Waals surface area contributed by atoms with Crippen LogP contribution in [-0.4, -0.2) is 146 Å². The van der Waals surface area contributed by atoms with E-state index in [1.54, 1.807) is 0 Å². The summed E-state index contributed by atoms with van der Waals surface area (Å²) in [6, 6.07) is 0. The molecule has 19 nitrogen and oxygen atoms in total. The second-order valence-corrected chi connectivity index (χ2v) is 10.2. The molecule has 0 amide bonds. The number of nitrogens with two attached hydrogens (primary N) is 1. The van der Waals surface area contributed by atoms with Crippen molar-refractivity contribution < 1.29 is 61.9 Å². The van der Waals surface area contributed by atoms with Gasteiger partial charge in [0.1, 0.15) is 18.3 Å². The third-order valence-corrected chi connectivity index (χ3v) is 6.44. The summed E-state index contributed by atoms with van der Waals surface area (Å²) in [6.45, 7) is 3.16. The number of hydrogen-bond donors (Lipinski definition) is 5. The van der Waals surface area contributed by atoms with E-state index in [0.29, 0.717) is 59.5 Å². The van der Waals surface area contributed by atoms with E-state index in [-0.39, 0.29) is 36.9 Å². The largest absolute Gasteiger partial charge is 0.469 e. The maximum absolute atomic E-state index is 12.2. The molecule has 246 valence electrons. The highest BCUT2D eigenvalue weighted by molar-refractivity contribution is 7.46. The Balaban J connectivity index is 1.39. The van der Waals surface area contributed by atoms with Crippen molar-refractivity contribution in [2.24, 2.45) is 0 Å². The van der Waals surface area contributed by atoms with Gasteiger partial charge >= 0.3 is 7.82 Å². The highest BCUT2D eigenvalue weighted by Crippen LogP contribution is 2.40. The molecular formula is C23H40N5O14P. The summed E-state index contributed by atoms with van der Waals surface area (Å²) in [5.41, 5.74) is 5.30. The van der Waals surface area contributed by atoms with E-state index in [1.807, 2.05) is 0 Å². The Bertz CT molecular complexity index is 1180. The molecule has 0 saturated carbocycles. The van der Waals surface area contributed by atoms with Gasteiger partial charge in [-0.2, -0.15) is 4.98 Å². The van der Waals surface area contributed by atoms with E-state index >= 15 is 0 Å². The lowest BCUT2D eigenvalue weighted by molar-refractivity contribution is -0.0782. The zero-order valence-electron chi connectivity index (χ0n) is 23.8. The molecule has 43 heavy (non-hydrogen) atoms. The van der Waals surface area contributed by atoms with E-state index < -0.39 is 44.5 Å². The lowest BCUT2D eigenvalue weighted by Gasteiger charge is -2.23. The number of phosphoric acid groups is 1. The second kappa shape index (κ2) is 18.6. The van der Waals surface area contributed by atoms with Crippen LogP contribution in [0.25, 0.3) is 11.2 Å². The number of fused-ring (bicyclic) bond motifs is 1. The fourth-order valence-electron chi connectivity index (χ4n) is 4.11. The number of nitrogens with zero attached hydrogens (tertiary/aromatic N) is 3. The van der Waals surface area contributed by atoms with Crippen molar-refractivity contribution in [2.75, 3.05) is 98.7 Å². The fraction of sp³-hybridized carbons (Fsp3) is 0.783. The Morgan fingerprint density at radius 1 is 0.953 bits per heavy atom. The number of aliphatic hydroxyl groups excluding tert-OH is 1. The van der Waals surface area contributed by atoms with E-state index in [9.17, 15) is 19.1 Å². The molecule has 0 spiro atoms. The number of anilines is 1. The number of H-pyrrole nitrogens is 1. The van der Waals surface area contributed by atoms with E-state index in [1.165, 1.54) is 18.0 Å². The number of ether oxygens (including phenoxy) is 8. The molecule has 4 atom stereocenters. The van der Waals surface area contributed by atoms with Gasteiger partial charge in [-0.25, -0.2) is 9.55 Å². The molecule has 0 radical (unpaired) electrons. The lowest BCUT2D eigenvalue weighted by Crippen LogP contribution is -2.38. The number of aromatic nitrogens is 4. The van der Waals surface area contributed by atoms with Gasteiger partial charge < -0.3 is 58.5 Å². The first-order valence-electron chi connectivity index (χ1n) is 13.5. The zero-order chi connectivity index (χ0) is 31.1. The van der Waals surface area contributed by atoms with Crippen LogP contribution >= 0.6 is 7.82 Å². The molecule has 0 unspecified atom stereocenters. The van der Waals surface area contributed by atoms with Crippen LogP contribution in [0.5, 0.6) is 0 Å². The maximum atomic E-state index is 12.2. The highest BCUT2D eigenvalue weighted by Gasteiger charge is 2.48. The van der Waals surface area contributed by atoms with Crippen LogP contribution in [0.4, 0.5) is 5.95 Å². The standard InChI is InChI=1S/C23H40N5O14P/c1-34-19-18(40-13-12-39-11-10-38-9-8-37-7-6-36-5-4-35-3-2-29)16(14-41-43(31,32)33)42-22(19)28-15-25-17-20(28)26-23(24)27-21(17)30/h15-16,18-19,22,29H,2-14H2,1H3,(H2,31,32,33)(H3,24,26,27,30)/t16-,18-,19-,22-/m1/s1. The Kier molecular flexibility index (Phi) is 15.3. The van der Waals surface area contributed by atoms with Crippen LogP contribution in [0.2, 0.25) is 0 Å². The Labute approximate surface area is 246 Å². The molecule has 2 aromatic heterocycles. The van der Waals surface area contributed by atoms with Crippen molar-refractivity contribution >= 4 is 24.9 Å².